The van der Waals surface area contributed by atoms with Crippen LogP contribution in [0.3, 0.4) is 0 Å². The maximum absolute atomic E-state index is 5.48. The summed E-state index contributed by atoms with van der Waals surface area (Å²) < 4.78 is 5.48. The lowest BCUT2D eigenvalue weighted by atomic mass is 10.1. The molecule has 0 atom stereocenters. The smallest absolute Gasteiger partial charge is 0.0591 e. The van der Waals surface area contributed by atoms with Gasteiger partial charge in [-0.3, -0.25) is 0 Å². The number of hydrogen-bond donors (Lipinski definition) is 2. The lowest BCUT2D eigenvalue weighted by Gasteiger charge is -2.28. The third-order valence-electron chi connectivity index (χ3n) is 2.30. The summed E-state index contributed by atoms with van der Waals surface area (Å²) in [4.78, 5) is 0. The number of rotatable bonds is 7. The van der Waals surface area contributed by atoms with Crippen molar-refractivity contribution in [1.29, 1.82) is 0 Å². The summed E-state index contributed by atoms with van der Waals surface area (Å²) in [6.07, 6.45) is 1.17. The van der Waals surface area contributed by atoms with Gasteiger partial charge >= 0.3 is 0 Å². The van der Waals surface area contributed by atoms with Crippen molar-refractivity contribution in [2.75, 3.05) is 32.8 Å². The predicted molar refractivity (Wildman–Crippen MR) is 54.9 cm³/mol. The number of hydrogen-bond acceptors (Lipinski definition) is 3. The molecule has 13 heavy (non-hydrogen) atoms. The van der Waals surface area contributed by atoms with Crippen LogP contribution in [-0.4, -0.2) is 38.9 Å². The van der Waals surface area contributed by atoms with Gasteiger partial charge in [0.2, 0.25) is 0 Å². The van der Waals surface area contributed by atoms with E-state index >= 15 is 0 Å². The van der Waals surface area contributed by atoms with E-state index < -0.39 is 0 Å². The first-order valence-electron chi connectivity index (χ1n) is 5.31. The summed E-state index contributed by atoms with van der Waals surface area (Å²) >= 11 is 0. The Labute approximate surface area is 81.2 Å². The van der Waals surface area contributed by atoms with Crippen LogP contribution in [0.4, 0.5) is 0 Å². The molecule has 3 heteroatoms. The Morgan fingerprint density at radius 2 is 2.15 bits per heavy atom. The summed E-state index contributed by atoms with van der Waals surface area (Å²) in [5.74, 6) is 0.754. The minimum atomic E-state index is 0.689. The number of ether oxygens (including phenoxy) is 1. The molecule has 0 radical (unpaired) electrons. The molecule has 0 unspecified atom stereocenters. The molecule has 0 aliphatic carbocycles. The van der Waals surface area contributed by atoms with Gasteiger partial charge in [0.05, 0.1) is 6.61 Å². The van der Waals surface area contributed by atoms with Gasteiger partial charge in [0, 0.05) is 32.3 Å². The molecule has 0 aromatic heterocycles. The van der Waals surface area contributed by atoms with E-state index in [1.807, 2.05) is 0 Å². The molecule has 78 valence electrons. The third-order valence-corrected chi connectivity index (χ3v) is 2.30. The molecule has 2 N–H and O–H groups in total. The van der Waals surface area contributed by atoms with E-state index in [2.05, 4.69) is 24.5 Å². The standard InChI is InChI=1S/C10H22N2O/c1-9(2)3-5-13-6-4-12-10-7-11-8-10/h9-12H,3-8H2,1-2H3. The Hall–Kier alpha value is -0.120. The summed E-state index contributed by atoms with van der Waals surface area (Å²) in [6, 6.07) is 0.689. The van der Waals surface area contributed by atoms with Crippen molar-refractivity contribution in [2.24, 2.45) is 5.92 Å². The van der Waals surface area contributed by atoms with Gasteiger partial charge in [-0.05, 0) is 12.3 Å². The zero-order chi connectivity index (χ0) is 9.52. The highest BCUT2D eigenvalue weighted by Gasteiger charge is 2.14. The quantitative estimate of drug-likeness (QED) is 0.572. The van der Waals surface area contributed by atoms with Crippen LogP contribution in [0.5, 0.6) is 0 Å². The predicted octanol–water partition coefficient (Wildman–Crippen LogP) is 0.611. The summed E-state index contributed by atoms with van der Waals surface area (Å²) in [5.41, 5.74) is 0. The normalized spacial score (nSPS) is 17.8. The molecule has 0 saturated carbocycles. The Kier molecular flexibility index (Phi) is 5.35. The molecule has 1 aliphatic heterocycles. The van der Waals surface area contributed by atoms with E-state index in [1.54, 1.807) is 0 Å². The maximum atomic E-state index is 5.48. The third kappa shape index (κ3) is 5.24. The van der Waals surface area contributed by atoms with E-state index in [0.717, 1.165) is 38.8 Å². The summed E-state index contributed by atoms with van der Waals surface area (Å²) in [6.45, 7) is 9.43. The van der Waals surface area contributed by atoms with Gasteiger partial charge in [-0.25, -0.2) is 0 Å². The van der Waals surface area contributed by atoms with Crippen molar-refractivity contribution < 1.29 is 4.74 Å². The maximum Gasteiger partial charge on any atom is 0.0591 e. The van der Waals surface area contributed by atoms with Crippen LogP contribution < -0.4 is 10.6 Å². The van der Waals surface area contributed by atoms with Gasteiger partial charge in [0.25, 0.3) is 0 Å². The molecule has 0 amide bonds. The highest BCUT2D eigenvalue weighted by atomic mass is 16.5. The topological polar surface area (TPSA) is 33.3 Å². The monoisotopic (exact) mass is 186 g/mol. The second kappa shape index (κ2) is 6.35. The fraction of sp³-hybridized carbons (Fsp3) is 1.00. The van der Waals surface area contributed by atoms with Gasteiger partial charge in [0.15, 0.2) is 0 Å². The molecule has 0 bridgehead atoms. The zero-order valence-electron chi connectivity index (χ0n) is 8.81. The van der Waals surface area contributed by atoms with Crippen molar-refractivity contribution in [2.45, 2.75) is 26.3 Å². The molecule has 0 aromatic rings. The Morgan fingerprint density at radius 1 is 1.38 bits per heavy atom. The van der Waals surface area contributed by atoms with E-state index in [0.29, 0.717) is 6.04 Å². The van der Waals surface area contributed by atoms with Crippen LogP contribution in [-0.2, 0) is 4.74 Å². The fourth-order valence-corrected chi connectivity index (χ4v) is 1.19. The molecule has 3 nitrogen and oxygen atoms in total. The van der Waals surface area contributed by atoms with Crippen LogP contribution in [0.15, 0.2) is 0 Å². The summed E-state index contributed by atoms with van der Waals surface area (Å²) in [5, 5.41) is 6.64. The van der Waals surface area contributed by atoms with Crippen molar-refractivity contribution in [3.8, 4) is 0 Å². The Morgan fingerprint density at radius 3 is 2.69 bits per heavy atom. The second-order valence-corrected chi connectivity index (χ2v) is 4.10. The molecule has 1 rings (SSSR count). The summed E-state index contributed by atoms with van der Waals surface area (Å²) in [7, 11) is 0. The fourth-order valence-electron chi connectivity index (χ4n) is 1.19. The van der Waals surface area contributed by atoms with Gasteiger partial charge < -0.3 is 15.4 Å². The molecule has 1 heterocycles. The van der Waals surface area contributed by atoms with E-state index in [4.69, 9.17) is 4.74 Å². The van der Waals surface area contributed by atoms with Crippen LogP contribution in [0.1, 0.15) is 20.3 Å². The van der Waals surface area contributed by atoms with Crippen LogP contribution >= 0.6 is 0 Å². The Balaban J connectivity index is 1.73. The zero-order valence-corrected chi connectivity index (χ0v) is 8.81. The largest absolute Gasteiger partial charge is 0.380 e. The molecular weight excluding hydrogens is 164 g/mol. The van der Waals surface area contributed by atoms with Gasteiger partial charge in [-0.15, -0.1) is 0 Å². The first-order valence-corrected chi connectivity index (χ1v) is 5.31. The highest BCUT2D eigenvalue weighted by molar-refractivity contribution is 4.80. The van der Waals surface area contributed by atoms with Crippen molar-refractivity contribution in [3.63, 3.8) is 0 Å². The molecule has 1 aliphatic rings. The van der Waals surface area contributed by atoms with Crippen molar-refractivity contribution in [1.82, 2.24) is 10.6 Å². The minimum Gasteiger partial charge on any atom is -0.380 e. The SMILES string of the molecule is CC(C)CCOCCNC1CNC1. The van der Waals surface area contributed by atoms with Gasteiger partial charge in [0.1, 0.15) is 0 Å². The van der Waals surface area contributed by atoms with Crippen LogP contribution in [0, 0.1) is 5.92 Å². The van der Waals surface area contributed by atoms with Gasteiger partial charge in [-0.2, -0.15) is 0 Å². The molecule has 0 spiro atoms. The van der Waals surface area contributed by atoms with Crippen molar-refractivity contribution in [3.05, 3.63) is 0 Å². The average Bonchev–Trinajstić information content (AvgIpc) is 1.99. The van der Waals surface area contributed by atoms with Crippen LogP contribution in [0.25, 0.3) is 0 Å². The van der Waals surface area contributed by atoms with Gasteiger partial charge in [-0.1, -0.05) is 13.8 Å². The molecule has 1 fully saturated rings. The molecular formula is C10H22N2O. The van der Waals surface area contributed by atoms with E-state index in [9.17, 15) is 0 Å². The molecule has 1 saturated heterocycles. The average molecular weight is 186 g/mol. The molecule has 0 aromatic carbocycles. The lowest BCUT2D eigenvalue weighted by Crippen LogP contribution is -2.55. The van der Waals surface area contributed by atoms with Crippen LogP contribution in [0.2, 0.25) is 0 Å². The lowest BCUT2D eigenvalue weighted by molar-refractivity contribution is 0.121. The number of nitrogens with one attached hydrogen (secondary N) is 2. The second-order valence-electron chi connectivity index (χ2n) is 4.10. The van der Waals surface area contributed by atoms with Crippen molar-refractivity contribution >= 4 is 0 Å². The van der Waals surface area contributed by atoms with E-state index in [-0.39, 0.29) is 0 Å². The first-order chi connectivity index (χ1) is 6.29. The highest BCUT2D eigenvalue weighted by Crippen LogP contribution is 1.98. The first kappa shape index (κ1) is 11.0. The minimum absolute atomic E-state index is 0.689. The van der Waals surface area contributed by atoms with E-state index in [1.165, 1.54) is 6.42 Å². The Bertz CT molecular complexity index is 124.